The lowest BCUT2D eigenvalue weighted by atomic mass is 10.0. The van der Waals surface area contributed by atoms with Crippen LogP contribution in [0, 0.1) is 22.6 Å². The van der Waals surface area contributed by atoms with E-state index in [2.05, 4.69) is 11.4 Å². The highest BCUT2D eigenvalue weighted by Gasteiger charge is 2.22. The number of thioether (sulfide) groups is 1. The first-order chi connectivity index (χ1) is 13.5. The number of rotatable bonds is 3. The Balaban J connectivity index is 1.66. The summed E-state index contributed by atoms with van der Waals surface area (Å²) in [4.78, 5) is 12.0. The van der Waals surface area contributed by atoms with E-state index in [0.29, 0.717) is 27.2 Å². The van der Waals surface area contributed by atoms with Crippen LogP contribution < -0.4 is 10.1 Å². The molecule has 2 N–H and O–H groups in total. The van der Waals surface area contributed by atoms with Gasteiger partial charge in [-0.25, -0.2) is 4.39 Å². The predicted molar refractivity (Wildman–Crippen MR) is 107 cm³/mol. The van der Waals surface area contributed by atoms with E-state index < -0.39 is 5.82 Å². The maximum atomic E-state index is 14.6. The molecule has 0 aliphatic carbocycles. The molecule has 1 amide bonds. The Morgan fingerprint density at radius 3 is 2.54 bits per heavy atom. The molecule has 4 rings (SSSR count). The average Bonchev–Trinajstić information content (AvgIpc) is 3.01. The Bertz CT molecular complexity index is 1210. The third kappa shape index (κ3) is 3.33. The smallest absolute Gasteiger partial charge is 0.264 e. The van der Waals surface area contributed by atoms with Crippen molar-refractivity contribution in [2.75, 3.05) is 0 Å². The second-order valence-corrected chi connectivity index (χ2v) is 7.01. The zero-order valence-electron chi connectivity index (χ0n) is 14.3. The van der Waals surface area contributed by atoms with Gasteiger partial charge < -0.3 is 10.1 Å². The molecule has 1 heterocycles. The standard InChI is InChI=1S/C21H12FN3O2S/c22-16-9-12(10-19-20(26)25-21(24)28-19)5-7-18(16)27-17-8-6-13(11-23)14-3-1-2-4-15(14)17/h1-10H,(H2,24,25,26)/b19-10+. The van der Waals surface area contributed by atoms with Gasteiger partial charge in [0.25, 0.3) is 5.91 Å². The summed E-state index contributed by atoms with van der Waals surface area (Å²) in [6, 6.07) is 17.1. The van der Waals surface area contributed by atoms with Gasteiger partial charge in [0.1, 0.15) is 5.75 Å². The highest BCUT2D eigenvalue weighted by molar-refractivity contribution is 8.18. The van der Waals surface area contributed by atoms with Crippen molar-refractivity contribution in [1.29, 1.82) is 10.7 Å². The first-order valence-electron chi connectivity index (χ1n) is 8.24. The maximum absolute atomic E-state index is 14.6. The average molecular weight is 389 g/mol. The minimum absolute atomic E-state index is 0.0354. The number of amidine groups is 1. The van der Waals surface area contributed by atoms with Crippen molar-refractivity contribution >= 4 is 39.7 Å². The fourth-order valence-electron chi connectivity index (χ4n) is 2.86. The van der Waals surface area contributed by atoms with Gasteiger partial charge in [-0.05, 0) is 47.7 Å². The molecular weight excluding hydrogens is 377 g/mol. The van der Waals surface area contributed by atoms with Crippen LogP contribution in [0.2, 0.25) is 0 Å². The van der Waals surface area contributed by atoms with Crippen LogP contribution in [0.5, 0.6) is 11.5 Å². The van der Waals surface area contributed by atoms with Gasteiger partial charge in [-0.3, -0.25) is 10.2 Å². The van der Waals surface area contributed by atoms with Crippen LogP contribution in [0.4, 0.5) is 4.39 Å². The number of nitrogens with zero attached hydrogens (tertiary/aromatic N) is 1. The molecule has 0 aromatic heterocycles. The van der Waals surface area contributed by atoms with Crippen LogP contribution in [-0.2, 0) is 4.79 Å². The summed E-state index contributed by atoms with van der Waals surface area (Å²) in [5.74, 6) is -0.479. The van der Waals surface area contributed by atoms with Crippen LogP contribution in [0.25, 0.3) is 16.8 Å². The number of hydrogen-bond acceptors (Lipinski definition) is 5. The predicted octanol–water partition coefficient (Wildman–Crippen LogP) is 4.78. The molecule has 0 spiro atoms. The summed E-state index contributed by atoms with van der Waals surface area (Å²) >= 11 is 0.990. The zero-order valence-corrected chi connectivity index (χ0v) is 15.1. The fourth-order valence-corrected chi connectivity index (χ4v) is 3.56. The van der Waals surface area contributed by atoms with Crippen LogP contribution in [0.3, 0.4) is 0 Å². The number of fused-ring (bicyclic) bond motifs is 1. The molecule has 0 radical (unpaired) electrons. The number of nitriles is 1. The van der Waals surface area contributed by atoms with E-state index in [-0.39, 0.29) is 16.8 Å². The lowest BCUT2D eigenvalue weighted by Gasteiger charge is -2.11. The summed E-state index contributed by atoms with van der Waals surface area (Å²) < 4.78 is 20.3. The minimum atomic E-state index is -0.582. The Morgan fingerprint density at radius 2 is 1.86 bits per heavy atom. The second-order valence-electron chi connectivity index (χ2n) is 5.95. The van der Waals surface area contributed by atoms with Crippen LogP contribution >= 0.6 is 11.8 Å². The number of ether oxygens (including phenoxy) is 1. The van der Waals surface area contributed by atoms with Crippen molar-refractivity contribution in [2.24, 2.45) is 0 Å². The summed E-state index contributed by atoms with van der Waals surface area (Å²) in [6.45, 7) is 0. The zero-order chi connectivity index (χ0) is 19.7. The Labute approximate surface area is 163 Å². The molecule has 0 atom stereocenters. The molecule has 5 nitrogen and oxygen atoms in total. The number of halogens is 1. The lowest BCUT2D eigenvalue weighted by molar-refractivity contribution is -0.115. The molecule has 136 valence electrons. The Kier molecular flexibility index (Phi) is 4.55. The monoisotopic (exact) mass is 389 g/mol. The normalized spacial score (nSPS) is 14.9. The molecule has 28 heavy (non-hydrogen) atoms. The molecule has 0 saturated carbocycles. The Hall–Kier alpha value is -3.63. The van der Waals surface area contributed by atoms with Gasteiger partial charge in [-0.1, -0.05) is 30.3 Å². The van der Waals surface area contributed by atoms with Crippen molar-refractivity contribution in [3.8, 4) is 17.6 Å². The molecule has 1 aliphatic heterocycles. The Morgan fingerprint density at radius 1 is 1.11 bits per heavy atom. The van der Waals surface area contributed by atoms with Crippen molar-refractivity contribution in [2.45, 2.75) is 0 Å². The van der Waals surface area contributed by atoms with Crippen molar-refractivity contribution in [1.82, 2.24) is 5.32 Å². The molecule has 0 bridgehead atoms. The van der Waals surface area contributed by atoms with E-state index >= 15 is 0 Å². The first-order valence-corrected chi connectivity index (χ1v) is 9.05. The van der Waals surface area contributed by atoms with Crippen molar-refractivity contribution in [3.63, 3.8) is 0 Å². The molecule has 0 unspecified atom stereocenters. The molecule has 3 aromatic rings. The fraction of sp³-hybridized carbons (Fsp3) is 0. The van der Waals surface area contributed by atoms with Crippen LogP contribution in [0.15, 0.2) is 59.5 Å². The first kappa shape index (κ1) is 17.8. The van der Waals surface area contributed by atoms with Gasteiger partial charge in [-0.2, -0.15) is 5.26 Å². The third-order valence-corrected chi connectivity index (χ3v) is 4.97. The van der Waals surface area contributed by atoms with Crippen molar-refractivity contribution in [3.05, 3.63) is 76.4 Å². The largest absolute Gasteiger partial charge is 0.454 e. The number of hydrogen-bond donors (Lipinski definition) is 2. The summed E-state index contributed by atoms with van der Waals surface area (Å²) in [5.41, 5.74) is 1.00. The van der Waals surface area contributed by atoms with Gasteiger partial charge in [-0.15, -0.1) is 0 Å². The van der Waals surface area contributed by atoms with E-state index in [1.54, 1.807) is 18.2 Å². The minimum Gasteiger partial charge on any atom is -0.454 e. The van der Waals surface area contributed by atoms with E-state index in [1.807, 2.05) is 24.3 Å². The van der Waals surface area contributed by atoms with Gasteiger partial charge in [0.15, 0.2) is 16.7 Å². The van der Waals surface area contributed by atoms with Crippen LogP contribution in [-0.4, -0.2) is 11.1 Å². The number of amides is 1. The van der Waals surface area contributed by atoms with E-state index in [9.17, 15) is 14.4 Å². The highest BCUT2D eigenvalue weighted by atomic mass is 32.2. The molecule has 1 saturated heterocycles. The van der Waals surface area contributed by atoms with E-state index in [1.165, 1.54) is 18.2 Å². The van der Waals surface area contributed by atoms with E-state index in [4.69, 9.17) is 10.1 Å². The summed E-state index contributed by atoms with van der Waals surface area (Å²) in [6.07, 6.45) is 1.52. The van der Waals surface area contributed by atoms with Crippen molar-refractivity contribution < 1.29 is 13.9 Å². The molecular formula is C21H12FN3O2S. The number of benzene rings is 3. The van der Waals surface area contributed by atoms with Gasteiger partial charge in [0.2, 0.25) is 0 Å². The molecule has 1 aliphatic rings. The SMILES string of the molecule is N#Cc1ccc(Oc2ccc(/C=C3/SC(=N)NC3=O)cc2F)c2ccccc12. The molecule has 3 aromatic carbocycles. The molecule has 7 heteroatoms. The van der Waals surface area contributed by atoms with Gasteiger partial charge >= 0.3 is 0 Å². The quantitative estimate of drug-likeness (QED) is 0.631. The summed E-state index contributed by atoms with van der Waals surface area (Å²) in [7, 11) is 0. The number of carbonyl (C=O) groups is 1. The van der Waals surface area contributed by atoms with Gasteiger partial charge in [0, 0.05) is 10.8 Å². The third-order valence-electron chi connectivity index (χ3n) is 4.14. The topological polar surface area (TPSA) is 86.0 Å². The van der Waals surface area contributed by atoms with E-state index in [0.717, 1.165) is 17.1 Å². The molecule has 1 fully saturated rings. The maximum Gasteiger partial charge on any atom is 0.264 e. The number of carbonyl (C=O) groups excluding carboxylic acids is 1. The summed E-state index contributed by atoms with van der Waals surface area (Å²) in [5, 5.41) is 20.6. The second kappa shape index (κ2) is 7.18. The highest BCUT2D eigenvalue weighted by Crippen LogP contribution is 2.34. The number of nitrogens with one attached hydrogen (secondary N) is 2. The lowest BCUT2D eigenvalue weighted by Crippen LogP contribution is -2.18. The van der Waals surface area contributed by atoms with Gasteiger partial charge in [0.05, 0.1) is 16.5 Å². The van der Waals surface area contributed by atoms with Crippen LogP contribution in [0.1, 0.15) is 11.1 Å².